The molecular weight excluding hydrogens is 278 g/mol. The fourth-order valence-electron chi connectivity index (χ4n) is 3.08. The van der Waals surface area contributed by atoms with E-state index >= 15 is 0 Å². The third-order valence-electron chi connectivity index (χ3n) is 4.27. The van der Waals surface area contributed by atoms with Gasteiger partial charge in [-0.25, -0.2) is 0 Å². The molecule has 1 aliphatic heterocycles. The van der Waals surface area contributed by atoms with Crippen molar-refractivity contribution in [1.29, 1.82) is 0 Å². The van der Waals surface area contributed by atoms with Crippen LogP contribution in [0.1, 0.15) is 30.0 Å². The van der Waals surface area contributed by atoms with Gasteiger partial charge in [-0.2, -0.15) is 5.10 Å². The lowest BCUT2D eigenvalue weighted by Gasteiger charge is -2.32. The number of methoxy groups -OCH3 is 1. The molecule has 1 saturated heterocycles. The monoisotopic (exact) mass is 299 g/mol. The number of aromatic amines is 1. The van der Waals surface area contributed by atoms with Crippen molar-refractivity contribution in [3.63, 3.8) is 0 Å². The van der Waals surface area contributed by atoms with Crippen LogP contribution in [0.2, 0.25) is 0 Å². The summed E-state index contributed by atoms with van der Waals surface area (Å²) in [6, 6.07) is 9.70. The summed E-state index contributed by atoms with van der Waals surface area (Å²) in [5, 5.41) is 7.04. The van der Waals surface area contributed by atoms with E-state index in [2.05, 4.69) is 10.2 Å². The fraction of sp³-hybridized carbons (Fsp3) is 0.412. The molecule has 1 aromatic heterocycles. The van der Waals surface area contributed by atoms with E-state index in [1.807, 2.05) is 35.2 Å². The second-order valence-electron chi connectivity index (χ2n) is 5.68. The summed E-state index contributed by atoms with van der Waals surface area (Å²) >= 11 is 0. The number of carbonyl (C=O) groups is 1. The summed E-state index contributed by atoms with van der Waals surface area (Å²) in [7, 11) is 1.64. The minimum atomic E-state index is 0.161. The van der Waals surface area contributed by atoms with Crippen molar-refractivity contribution in [1.82, 2.24) is 15.1 Å². The van der Waals surface area contributed by atoms with Gasteiger partial charge in [0.1, 0.15) is 5.75 Å². The molecule has 0 unspecified atom stereocenters. The Balaban J connectivity index is 1.67. The molecule has 116 valence electrons. The average molecular weight is 299 g/mol. The maximum absolute atomic E-state index is 12.6. The van der Waals surface area contributed by atoms with E-state index < -0.39 is 0 Å². The van der Waals surface area contributed by atoms with Gasteiger partial charge in [0.15, 0.2) is 0 Å². The number of nitrogens with one attached hydrogen (secondary N) is 1. The van der Waals surface area contributed by atoms with Gasteiger partial charge in [-0.15, -0.1) is 0 Å². The zero-order valence-electron chi connectivity index (χ0n) is 12.8. The third-order valence-corrected chi connectivity index (χ3v) is 4.27. The predicted octanol–water partition coefficient (Wildman–Crippen LogP) is 2.37. The zero-order chi connectivity index (χ0) is 15.4. The highest BCUT2D eigenvalue weighted by atomic mass is 16.5. The molecule has 3 rings (SSSR count). The van der Waals surface area contributed by atoms with Gasteiger partial charge >= 0.3 is 0 Å². The van der Waals surface area contributed by atoms with Gasteiger partial charge in [0.05, 0.1) is 13.5 Å². The Morgan fingerprint density at radius 1 is 1.41 bits per heavy atom. The number of likely N-dealkylation sites (tertiary alicyclic amines) is 1. The second-order valence-corrected chi connectivity index (χ2v) is 5.68. The third kappa shape index (κ3) is 3.13. The van der Waals surface area contributed by atoms with E-state index in [4.69, 9.17) is 4.74 Å². The molecule has 1 fully saturated rings. The van der Waals surface area contributed by atoms with Gasteiger partial charge in [-0.05, 0) is 25.0 Å². The molecule has 0 aliphatic carbocycles. The molecule has 5 nitrogen and oxygen atoms in total. The molecule has 22 heavy (non-hydrogen) atoms. The van der Waals surface area contributed by atoms with Crippen molar-refractivity contribution in [3.8, 4) is 5.75 Å². The van der Waals surface area contributed by atoms with Gasteiger partial charge in [-0.3, -0.25) is 9.89 Å². The van der Waals surface area contributed by atoms with Gasteiger partial charge in [-0.1, -0.05) is 18.2 Å². The van der Waals surface area contributed by atoms with Crippen molar-refractivity contribution in [2.24, 2.45) is 0 Å². The number of hydrogen-bond acceptors (Lipinski definition) is 3. The van der Waals surface area contributed by atoms with E-state index in [0.717, 1.165) is 42.9 Å². The van der Waals surface area contributed by atoms with Crippen LogP contribution in [0, 0.1) is 0 Å². The number of ether oxygens (including phenoxy) is 1. The minimum absolute atomic E-state index is 0.161. The number of carbonyl (C=O) groups excluding carboxylic acids is 1. The number of nitrogens with zero attached hydrogens (tertiary/aromatic N) is 2. The smallest absolute Gasteiger partial charge is 0.227 e. The summed E-state index contributed by atoms with van der Waals surface area (Å²) in [6.45, 7) is 1.59. The largest absolute Gasteiger partial charge is 0.496 e. The standard InChI is InChI=1S/C17H21N3O2/c1-22-16-7-3-2-5-13(16)11-17(21)20-10-4-6-14(12-20)15-8-9-18-19-15/h2-3,5,7-9,14H,4,6,10-12H2,1H3,(H,18,19)/t14-/m0/s1. The van der Waals surface area contributed by atoms with Gasteiger partial charge in [0, 0.05) is 36.5 Å². The number of hydrogen-bond donors (Lipinski definition) is 1. The number of rotatable bonds is 4. The normalized spacial score (nSPS) is 18.2. The molecule has 1 aliphatic rings. The Bertz CT molecular complexity index is 625. The highest BCUT2D eigenvalue weighted by Crippen LogP contribution is 2.26. The van der Waals surface area contributed by atoms with E-state index in [1.54, 1.807) is 13.3 Å². The van der Waals surface area contributed by atoms with E-state index in [-0.39, 0.29) is 5.91 Å². The Labute approximate surface area is 130 Å². The van der Waals surface area contributed by atoms with Crippen LogP contribution in [-0.2, 0) is 11.2 Å². The molecule has 1 atom stereocenters. The Kier molecular flexibility index (Phi) is 4.42. The molecule has 0 spiro atoms. The molecule has 1 aromatic carbocycles. The average Bonchev–Trinajstić information content (AvgIpc) is 3.10. The molecule has 0 radical (unpaired) electrons. The first-order valence-corrected chi connectivity index (χ1v) is 7.67. The molecule has 1 amide bonds. The first kappa shape index (κ1) is 14.6. The van der Waals surface area contributed by atoms with E-state index in [9.17, 15) is 4.79 Å². The molecule has 2 aromatic rings. The number of H-pyrrole nitrogens is 1. The SMILES string of the molecule is COc1ccccc1CC(=O)N1CCC[C@H](c2ccn[nH]2)C1. The first-order valence-electron chi connectivity index (χ1n) is 7.67. The van der Waals surface area contributed by atoms with Crippen LogP contribution in [-0.4, -0.2) is 41.2 Å². The summed E-state index contributed by atoms with van der Waals surface area (Å²) in [6.07, 6.45) is 4.28. The van der Waals surface area contributed by atoms with Crippen LogP contribution in [0.15, 0.2) is 36.5 Å². The fourth-order valence-corrected chi connectivity index (χ4v) is 3.08. The number of amides is 1. The summed E-state index contributed by atoms with van der Waals surface area (Å²) in [4.78, 5) is 14.6. The molecule has 1 N–H and O–H groups in total. The van der Waals surface area contributed by atoms with Gasteiger partial charge in [0.2, 0.25) is 5.91 Å². The van der Waals surface area contributed by atoms with Gasteiger partial charge < -0.3 is 9.64 Å². The highest BCUT2D eigenvalue weighted by Gasteiger charge is 2.25. The van der Waals surface area contributed by atoms with Crippen molar-refractivity contribution in [2.75, 3.05) is 20.2 Å². The number of para-hydroxylation sites is 1. The lowest BCUT2D eigenvalue weighted by atomic mass is 9.94. The molecule has 2 heterocycles. The van der Waals surface area contributed by atoms with Crippen LogP contribution in [0.4, 0.5) is 0 Å². The number of piperidine rings is 1. The van der Waals surface area contributed by atoms with Crippen molar-refractivity contribution in [2.45, 2.75) is 25.2 Å². The maximum Gasteiger partial charge on any atom is 0.227 e. The van der Waals surface area contributed by atoms with Crippen molar-refractivity contribution in [3.05, 3.63) is 47.8 Å². The van der Waals surface area contributed by atoms with Crippen LogP contribution >= 0.6 is 0 Å². The molecule has 0 saturated carbocycles. The summed E-state index contributed by atoms with van der Waals surface area (Å²) in [5.74, 6) is 1.30. The van der Waals surface area contributed by atoms with Crippen molar-refractivity contribution >= 4 is 5.91 Å². The molecular formula is C17H21N3O2. The summed E-state index contributed by atoms with van der Waals surface area (Å²) < 4.78 is 5.33. The zero-order valence-corrected chi connectivity index (χ0v) is 12.8. The minimum Gasteiger partial charge on any atom is -0.496 e. The van der Waals surface area contributed by atoms with Gasteiger partial charge in [0.25, 0.3) is 0 Å². The van der Waals surface area contributed by atoms with Crippen LogP contribution in [0.25, 0.3) is 0 Å². The summed E-state index contributed by atoms with van der Waals surface area (Å²) in [5.41, 5.74) is 2.06. The lowest BCUT2D eigenvalue weighted by Crippen LogP contribution is -2.40. The number of benzene rings is 1. The van der Waals surface area contributed by atoms with E-state index in [1.165, 1.54) is 0 Å². The first-order chi connectivity index (χ1) is 10.8. The van der Waals surface area contributed by atoms with Crippen LogP contribution < -0.4 is 4.74 Å². The van der Waals surface area contributed by atoms with Crippen molar-refractivity contribution < 1.29 is 9.53 Å². The van der Waals surface area contributed by atoms with E-state index in [0.29, 0.717) is 12.3 Å². The molecule has 5 heteroatoms. The quantitative estimate of drug-likeness (QED) is 0.943. The van der Waals surface area contributed by atoms with Crippen LogP contribution in [0.5, 0.6) is 5.75 Å². The molecule has 0 bridgehead atoms. The Hall–Kier alpha value is -2.30. The topological polar surface area (TPSA) is 58.2 Å². The Morgan fingerprint density at radius 3 is 3.05 bits per heavy atom. The number of aromatic nitrogens is 2. The second kappa shape index (κ2) is 6.64. The van der Waals surface area contributed by atoms with Crippen LogP contribution in [0.3, 0.4) is 0 Å². The maximum atomic E-state index is 12.6. The Morgan fingerprint density at radius 2 is 2.27 bits per heavy atom. The highest BCUT2D eigenvalue weighted by molar-refractivity contribution is 5.79. The predicted molar refractivity (Wildman–Crippen MR) is 83.8 cm³/mol. The lowest BCUT2D eigenvalue weighted by molar-refractivity contribution is -0.131.